The highest BCUT2D eigenvalue weighted by molar-refractivity contribution is 7.89. The molecule has 0 bridgehead atoms. The number of benzene rings is 1. The molecule has 6 heteroatoms. The Labute approximate surface area is 122 Å². The molecular weight excluding hydrogens is 274 g/mol. The Balaban J connectivity index is 2.62. The highest BCUT2D eigenvalue weighted by Gasteiger charge is 2.11. The molecule has 0 radical (unpaired) electrons. The first-order valence-corrected chi connectivity index (χ1v) is 8.33. The number of primary sulfonamides is 1. The van der Waals surface area contributed by atoms with E-state index in [9.17, 15) is 8.42 Å². The highest BCUT2D eigenvalue weighted by atomic mass is 32.2. The fourth-order valence-corrected chi connectivity index (χ4v) is 2.36. The van der Waals surface area contributed by atoms with Crippen LogP contribution in [0.3, 0.4) is 0 Å². The van der Waals surface area contributed by atoms with Crippen LogP contribution in [0.15, 0.2) is 29.2 Å². The Morgan fingerprint density at radius 1 is 1.30 bits per heavy atom. The Bertz CT molecular complexity index is 529. The summed E-state index contributed by atoms with van der Waals surface area (Å²) in [4.78, 5) is 2.41. The average molecular weight is 299 g/mol. The molecule has 1 aromatic rings. The van der Waals surface area contributed by atoms with Gasteiger partial charge in [0.2, 0.25) is 10.0 Å². The highest BCUT2D eigenvalue weighted by Crippen LogP contribution is 2.16. The molecule has 0 aliphatic heterocycles. The minimum Gasteiger partial charge on any atom is -0.309 e. The third-order valence-corrected chi connectivity index (χ3v) is 4.39. The number of nitrogens with two attached hydrogens (primary N) is 1. The van der Waals surface area contributed by atoms with Gasteiger partial charge in [-0.15, -0.1) is 0 Å². The number of likely N-dealkylation sites (N-methyl/N-ethyl adjacent to an activating group) is 1. The second-order valence-corrected chi connectivity index (χ2v) is 6.93. The zero-order chi connectivity index (χ0) is 15.3. The maximum Gasteiger partial charge on any atom is 0.238 e. The summed E-state index contributed by atoms with van der Waals surface area (Å²) in [5.41, 5.74) is 0.920. The summed E-state index contributed by atoms with van der Waals surface area (Å²) in [6.45, 7) is 8.10. The van der Waals surface area contributed by atoms with E-state index >= 15 is 0 Å². The first-order valence-electron chi connectivity index (χ1n) is 6.78. The van der Waals surface area contributed by atoms with E-state index in [2.05, 4.69) is 31.1 Å². The molecule has 1 unspecified atom stereocenters. The average Bonchev–Trinajstić information content (AvgIpc) is 2.37. The van der Waals surface area contributed by atoms with Crippen LogP contribution < -0.4 is 10.5 Å². The molecule has 1 atom stereocenters. The van der Waals surface area contributed by atoms with Crippen LogP contribution >= 0.6 is 0 Å². The number of sulfonamides is 1. The van der Waals surface area contributed by atoms with Crippen LogP contribution in [-0.4, -0.2) is 39.5 Å². The maximum absolute atomic E-state index is 11.3. The second kappa shape index (κ2) is 7.17. The minimum atomic E-state index is -3.64. The van der Waals surface area contributed by atoms with E-state index in [0.717, 1.165) is 18.7 Å². The van der Waals surface area contributed by atoms with Crippen LogP contribution in [0.1, 0.15) is 32.4 Å². The summed E-state index contributed by atoms with van der Waals surface area (Å²) < 4.78 is 22.7. The molecule has 1 aromatic carbocycles. The van der Waals surface area contributed by atoms with E-state index in [0.29, 0.717) is 6.04 Å². The van der Waals surface area contributed by atoms with E-state index in [-0.39, 0.29) is 10.9 Å². The van der Waals surface area contributed by atoms with Crippen molar-refractivity contribution in [3.63, 3.8) is 0 Å². The molecular formula is C14H25N3O2S. The van der Waals surface area contributed by atoms with Gasteiger partial charge in [0.15, 0.2) is 0 Å². The lowest BCUT2D eigenvalue weighted by molar-refractivity contribution is 0.270. The predicted molar refractivity (Wildman–Crippen MR) is 82.0 cm³/mol. The third-order valence-electron chi connectivity index (χ3n) is 3.48. The van der Waals surface area contributed by atoms with Crippen LogP contribution in [0.5, 0.6) is 0 Å². The summed E-state index contributed by atoms with van der Waals surface area (Å²) in [6, 6.07) is 7.35. The maximum atomic E-state index is 11.3. The van der Waals surface area contributed by atoms with Crippen LogP contribution in [0.2, 0.25) is 0 Å². The van der Waals surface area contributed by atoms with E-state index < -0.39 is 10.0 Å². The van der Waals surface area contributed by atoms with Crippen molar-refractivity contribution in [1.82, 2.24) is 10.2 Å². The monoisotopic (exact) mass is 299 g/mol. The molecule has 0 amide bonds. The SMILES string of the molecule is CC(NCCN(C)C(C)C)c1cccc(S(N)(=O)=O)c1. The minimum absolute atomic E-state index is 0.0808. The van der Waals surface area contributed by atoms with Crippen LogP contribution in [-0.2, 0) is 10.0 Å². The molecule has 0 saturated carbocycles. The van der Waals surface area contributed by atoms with Gasteiger partial charge in [-0.05, 0) is 45.5 Å². The molecule has 0 saturated heterocycles. The number of nitrogens with one attached hydrogen (secondary N) is 1. The summed E-state index contributed by atoms with van der Waals surface area (Å²) in [7, 11) is -1.56. The van der Waals surface area contributed by atoms with E-state index in [4.69, 9.17) is 5.14 Å². The normalized spacial score (nSPS) is 13.9. The quantitative estimate of drug-likeness (QED) is 0.796. The van der Waals surface area contributed by atoms with E-state index in [1.165, 1.54) is 6.07 Å². The van der Waals surface area contributed by atoms with E-state index in [1.54, 1.807) is 12.1 Å². The fourth-order valence-electron chi connectivity index (χ4n) is 1.79. The van der Waals surface area contributed by atoms with Crippen molar-refractivity contribution in [2.75, 3.05) is 20.1 Å². The molecule has 3 N–H and O–H groups in total. The summed E-state index contributed by atoms with van der Waals surface area (Å²) in [5.74, 6) is 0. The van der Waals surface area contributed by atoms with Gasteiger partial charge < -0.3 is 10.2 Å². The molecule has 0 aliphatic rings. The topological polar surface area (TPSA) is 75.4 Å². The van der Waals surface area contributed by atoms with Crippen molar-refractivity contribution >= 4 is 10.0 Å². The molecule has 0 fully saturated rings. The van der Waals surface area contributed by atoms with E-state index in [1.807, 2.05) is 13.0 Å². The Kier molecular flexibility index (Phi) is 6.13. The smallest absolute Gasteiger partial charge is 0.238 e. The first kappa shape index (κ1) is 17.1. The predicted octanol–water partition coefficient (Wildman–Crippen LogP) is 1.32. The van der Waals surface area contributed by atoms with Gasteiger partial charge in [0.05, 0.1) is 4.90 Å². The zero-order valence-electron chi connectivity index (χ0n) is 12.6. The van der Waals surface area contributed by atoms with Crippen molar-refractivity contribution in [3.05, 3.63) is 29.8 Å². The molecule has 0 heterocycles. The van der Waals surface area contributed by atoms with Crippen molar-refractivity contribution in [2.45, 2.75) is 37.8 Å². The van der Waals surface area contributed by atoms with Gasteiger partial charge in [0.25, 0.3) is 0 Å². The van der Waals surface area contributed by atoms with Gasteiger partial charge in [-0.1, -0.05) is 12.1 Å². The Morgan fingerprint density at radius 3 is 2.50 bits per heavy atom. The summed E-state index contributed by atoms with van der Waals surface area (Å²) >= 11 is 0. The molecule has 1 rings (SSSR count). The van der Waals surface area contributed by atoms with Crippen LogP contribution in [0.25, 0.3) is 0 Å². The molecule has 114 valence electrons. The Hall–Kier alpha value is -0.950. The summed E-state index contributed by atoms with van der Waals surface area (Å²) in [5, 5.41) is 8.53. The van der Waals surface area contributed by atoms with Gasteiger partial charge in [-0.2, -0.15) is 0 Å². The second-order valence-electron chi connectivity index (χ2n) is 5.37. The lowest BCUT2D eigenvalue weighted by atomic mass is 10.1. The lowest BCUT2D eigenvalue weighted by Crippen LogP contribution is -2.34. The lowest BCUT2D eigenvalue weighted by Gasteiger charge is -2.22. The molecule has 0 aromatic heterocycles. The molecule has 0 aliphatic carbocycles. The number of rotatable bonds is 7. The molecule has 20 heavy (non-hydrogen) atoms. The van der Waals surface area contributed by atoms with Crippen molar-refractivity contribution in [2.24, 2.45) is 5.14 Å². The fraction of sp³-hybridized carbons (Fsp3) is 0.571. The zero-order valence-corrected chi connectivity index (χ0v) is 13.4. The third kappa shape index (κ3) is 5.20. The molecule has 0 spiro atoms. The van der Waals surface area contributed by atoms with Crippen molar-refractivity contribution in [1.29, 1.82) is 0 Å². The van der Waals surface area contributed by atoms with Gasteiger partial charge in [-0.25, -0.2) is 13.6 Å². The van der Waals surface area contributed by atoms with Gasteiger partial charge >= 0.3 is 0 Å². The molecule has 5 nitrogen and oxygen atoms in total. The first-order chi connectivity index (χ1) is 9.21. The van der Waals surface area contributed by atoms with Crippen LogP contribution in [0.4, 0.5) is 0 Å². The number of hydrogen-bond donors (Lipinski definition) is 2. The number of nitrogens with zero attached hydrogens (tertiary/aromatic N) is 1. The van der Waals surface area contributed by atoms with Crippen molar-refractivity contribution in [3.8, 4) is 0 Å². The number of hydrogen-bond acceptors (Lipinski definition) is 4. The van der Waals surface area contributed by atoms with Gasteiger partial charge in [0, 0.05) is 25.2 Å². The Morgan fingerprint density at radius 2 is 1.95 bits per heavy atom. The largest absolute Gasteiger partial charge is 0.309 e. The van der Waals surface area contributed by atoms with Gasteiger partial charge in [0.1, 0.15) is 0 Å². The standard InChI is InChI=1S/C14H25N3O2S/c1-11(2)17(4)9-8-16-12(3)13-6-5-7-14(10-13)20(15,18)19/h5-7,10-12,16H,8-9H2,1-4H3,(H2,15,18,19). The van der Waals surface area contributed by atoms with Crippen LogP contribution in [0, 0.1) is 0 Å². The van der Waals surface area contributed by atoms with Gasteiger partial charge in [-0.3, -0.25) is 0 Å². The summed E-state index contributed by atoms with van der Waals surface area (Å²) in [6.07, 6.45) is 0. The van der Waals surface area contributed by atoms with Crippen molar-refractivity contribution < 1.29 is 8.42 Å².